The van der Waals surface area contributed by atoms with Gasteiger partial charge < -0.3 is 5.73 Å². The Morgan fingerprint density at radius 2 is 2.33 bits per heavy atom. The van der Waals surface area contributed by atoms with Crippen molar-refractivity contribution in [3.63, 3.8) is 0 Å². The average molecular weight is 162 g/mol. The van der Waals surface area contributed by atoms with Gasteiger partial charge in [-0.15, -0.1) is 0 Å². The van der Waals surface area contributed by atoms with Crippen molar-refractivity contribution in [1.29, 1.82) is 0 Å². The number of fused-ring (bicyclic) bond motifs is 1. The molecule has 12 heavy (non-hydrogen) atoms. The summed E-state index contributed by atoms with van der Waals surface area (Å²) in [6, 6.07) is 5.77. The second-order valence-electron chi connectivity index (χ2n) is 2.77. The molecule has 62 valence electrons. The topological polar surface area (TPSA) is 56.2 Å². The molecule has 0 bridgehead atoms. The van der Waals surface area contributed by atoms with Crippen LogP contribution in [0.5, 0.6) is 0 Å². The van der Waals surface area contributed by atoms with Crippen LogP contribution in [0.2, 0.25) is 0 Å². The van der Waals surface area contributed by atoms with Crippen LogP contribution in [0.25, 0.3) is 5.65 Å². The lowest BCUT2D eigenvalue weighted by Gasteiger charge is -2.06. The normalized spacial score (nSPS) is 13.5. The van der Waals surface area contributed by atoms with Gasteiger partial charge >= 0.3 is 0 Å². The minimum atomic E-state index is -0.0181. The van der Waals surface area contributed by atoms with Gasteiger partial charge in [-0.05, 0) is 19.1 Å². The minimum Gasteiger partial charge on any atom is -0.323 e. The fourth-order valence-corrected chi connectivity index (χ4v) is 1.21. The second-order valence-corrected chi connectivity index (χ2v) is 2.77. The van der Waals surface area contributed by atoms with E-state index < -0.39 is 0 Å². The van der Waals surface area contributed by atoms with E-state index in [1.807, 2.05) is 25.1 Å². The predicted molar refractivity (Wildman–Crippen MR) is 45.6 cm³/mol. The van der Waals surface area contributed by atoms with Crippen LogP contribution in [0.1, 0.15) is 18.7 Å². The monoisotopic (exact) mass is 162 g/mol. The average Bonchev–Trinajstić information content (AvgIpc) is 2.49. The summed E-state index contributed by atoms with van der Waals surface area (Å²) in [6.45, 7) is 1.93. The van der Waals surface area contributed by atoms with E-state index in [4.69, 9.17) is 5.73 Å². The Morgan fingerprint density at radius 1 is 1.50 bits per heavy atom. The van der Waals surface area contributed by atoms with Gasteiger partial charge in [0.2, 0.25) is 0 Å². The first-order valence-electron chi connectivity index (χ1n) is 3.83. The first-order chi connectivity index (χ1) is 5.79. The summed E-state index contributed by atoms with van der Waals surface area (Å²) in [5, 5.41) is 4.07. The summed E-state index contributed by atoms with van der Waals surface area (Å²) in [6.07, 6.45) is 1.53. The summed E-state index contributed by atoms with van der Waals surface area (Å²) in [7, 11) is 0. The van der Waals surface area contributed by atoms with Gasteiger partial charge in [0.05, 0.1) is 5.69 Å². The van der Waals surface area contributed by atoms with Crippen LogP contribution in [-0.2, 0) is 0 Å². The molecular weight excluding hydrogens is 152 g/mol. The van der Waals surface area contributed by atoms with Crippen molar-refractivity contribution in [2.75, 3.05) is 0 Å². The molecule has 0 aliphatic heterocycles. The van der Waals surface area contributed by atoms with Crippen molar-refractivity contribution in [2.45, 2.75) is 13.0 Å². The van der Waals surface area contributed by atoms with Gasteiger partial charge in [-0.25, -0.2) is 9.50 Å². The van der Waals surface area contributed by atoms with E-state index in [1.54, 1.807) is 4.52 Å². The molecule has 2 N–H and O–H groups in total. The third kappa shape index (κ3) is 0.967. The lowest BCUT2D eigenvalue weighted by atomic mass is 10.2. The van der Waals surface area contributed by atoms with Gasteiger partial charge in [0.15, 0.2) is 5.65 Å². The molecule has 0 saturated heterocycles. The van der Waals surface area contributed by atoms with E-state index in [2.05, 4.69) is 10.1 Å². The highest BCUT2D eigenvalue weighted by atomic mass is 15.3. The number of hydrogen-bond donors (Lipinski definition) is 1. The predicted octanol–water partition coefficient (Wildman–Crippen LogP) is 0.749. The molecule has 4 nitrogen and oxygen atoms in total. The maximum absolute atomic E-state index is 5.75. The van der Waals surface area contributed by atoms with Crippen LogP contribution < -0.4 is 5.73 Å². The molecule has 0 amide bonds. The molecule has 1 unspecified atom stereocenters. The third-order valence-corrected chi connectivity index (χ3v) is 1.80. The molecule has 1 atom stereocenters. The lowest BCUT2D eigenvalue weighted by Crippen LogP contribution is -2.10. The molecule has 2 aromatic rings. The zero-order valence-corrected chi connectivity index (χ0v) is 6.81. The molecular formula is C8H10N4. The molecule has 2 aromatic heterocycles. The Balaban J connectivity index is 2.73. The molecule has 0 aliphatic rings. The van der Waals surface area contributed by atoms with E-state index in [0.29, 0.717) is 0 Å². The van der Waals surface area contributed by atoms with Crippen LogP contribution in [0, 0.1) is 0 Å². The van der Waals surface area contributed by atoms with Gasteiger partial charge in [-0.3, -0.25) is 0 Å². The van der Waals surface area contributed by atoms with Gasteiger partial charge in [-0.2, -0.15) is 5.10 Å². The number of nitrogens with zero attached hydrogens (tertiary/aromatic N) is 3. The van der Waals surface area contributed by atoms with Crippen molar-refractivity contribution >= 4 is 5.65 Å². The third-order valence-electron chi connectivity index (χ3n) is 1.80. The highest BCUT2D eigenvalue weighted by Gasteiger charge is 2.04. The van der Waals surface area contributed by atoms with Crippen LogP contribution >= 0.6 is 0 Å². The molecule has 0 aromatic carbocycles. The van der Waals surface area contributed by atoms with Crippen LogP contribution in [0.15, 0.2) is 24.5 Å². The lowest BCUT2D eigenvalue weighted by molar-refractivity contribution is 0.728. The van der Waals surface area contributed by atoms with E-state index in [9.17, 15) is 0 Å². The highest BCUT2D eigenvalue weighted by molar-refractivity contribution is 5.37. The summed E-state index contributed by atoms with van der Waals surface area (Å²) in [5.74, 6) is 0. The largest absolute Gasteiger partial charge is 0.323 e. The first-order valence-corrected chi connectivity index (χ1v) is 3.83. The van der Waals surface area contributed by atoms with Crippen LogP contribution in [0.3, 0.4) is 0 Å². The smallest absolute Gasteiger partial charge is 0.155 e. The molecule has 0 saturated carbocycles. The molecule has 4 heteroatoms. The standard InChI is InChI=1S/C8H10N4/c1-6(9)7-3-2-4-8-10-5-11-12(7)8/h2-6H,9H2,1H3. The zero-order valence-electron chi connectivity index (χ0n) is 6.81. The molecule has 0 spiro atoms. The number of nitrogens with two attached hydrogens (primary N) is 1. The van der Waals surface area contributed by atoms with E-state index in [1.165, 1.54) is 6.33 Å². The van der Waals surface area contributed by atoms with Crippen LogP contribution in [-0.4, -0.2) is 14.6 Å². The number of pyridine rings is 1. The summed E-state index contributed by atoms with van der Waals surface area (Å²) in [5.41, 5.74) is 7.56. The molecule has 0 radical (unpaired) electrons. The van der Waals surface area contributed by atoms with Gasteiger partial charge in [0, 0.05) is 6.04 Å². The van der Waals surface area contributed by atoms with E-state index in [-0.39, 0.29) is 6.04 Å². The zero-order chi connectivity index (χ0) is 8.55. The fraction of sp³-hybridized carbons (Fsp3) is 0.250. The number of aromatic nitrogens is 3. The maximum atomic E-state index is 5.75. The second kappa shape index (κ2) is 2.57. The fourth-order valence-electron chi connectivity index (χ4n) is 1.21. The molecule has 2 heterocycles. The summed E-state index contributed by atoms with van der Waals surface area (Å²) < 4.78 is 1.75. The van der Waals surface area contributed by atoms with Gasteiger partial charge in [0.1, 0.15) is 6.33 Å². The maximum Gasteiger partial charge on any atom is 0.155 e. The van der Waals surface area contributed by atoms with Crippen molar-refractivity contribution in [3.05, 3.63) is 30.2 Å². The number of rotatable bonds is 1. The Morgan fingerprint density at radius 3 is 3.08 bits per heavy atom. The van der Waals surface area contributed by atoms with Crippen molar-refractivity contribution in [1.82, 2.24) is 14.6 Å². The Labute approximate surface area is 70.0 Å². The SMILES string of the molecule is CC(N)c1cccc2ncnn12. The quantitative estimate of drug-likeness (QED) is 0.673. The van der Waals surface area contributed by atoms with E-state index >= 15 is 0 Å². The number of hydrogen-bond acceptors (Lipinski definition) is 3. The van der Waals surface area contributed by atoms with Gasteiger partial charge in [-0.1, -0.05) is 6.07 Å². The minimum absolute atomic E-state index is 0.0181. The van der Waals surface area contributed by atoms with Crippen molar-refractivity contribution in [3.8, 4) is 0 Å². The van der Waals surface area contributed by atoms with E-state index in [0.717, 1.165) is 11.3 Å². The first kappa shape index (κ1) is 7.24. The Hall–Kier alpha value is -1.42. The molecule has 2 rings (SSSR count). The summed E-state index contributed by atoms with van der Waals surface area (Å²) >= 11 is 0. The van der Waals surface area contributed by atoms with Crippen molar-refractivity contribution in [2.24, 2.45) is 5.73 Å². The van der Waals surface area contributed by atoms with Crippen LogP contribution in [0.4, 0.5) is 0 Å². The highest BCUT2D eigenvalue weighted by Crippen LogP contribution is 2.09. The van der Waals surface area contributed by atoms with Crippen molar-refractivity contribution < 1.29 is 0 Å². The summed E-state index contributed by atoms with van der Waals surface area (Å²) in [4.78, 5) is 4.06. The molecule has 0 fully saturated rings. The Bertz CT molecular complexity index is 391. The molecule has 0 aliphatic carbocycles. The van der Waals surface area contributed by atoms with Gasteiger partial charge in [0.25, 0.3) is 0 Å². The Kier molecular flexibility index (Phi) is 1.55.